The number of benzene rings is 1. The third-order valence-electron chi connectivity index (χ3n) is 3.50. The van der Waals surface area contributed by atoms with Gasteiger partial charge in [-0.15, -0.1) is 0 Å². The van der Waals surface area contributed by atoms with Crippen LogP contribution in [-0.2, 0) is 14.3 Å². The van der Waals surface area contributed by atoms with Gasteiger partial charge in [0.05, 0.1) is 20.8 Å². The SMILES string of the molecule is CCOC(=O)C1NC(=O)CC1c1cc(OC)ccc1OC. The van der Waals surface area contributed by atoms with E-state index in [1.807, 2.05) is 0 Å². The highest BCUT2D eigenvalue weighted by Gasteiger charge is 2.40. The van der Waals surface area contributed by atoms with Crippen LogP contribution in [0, 0.1) is 0 Å². The normalized spacial score (nSPS) is 20.8. The van der Waals surface area contributed by atoms with Crippen LogP contribution in [0.5, 0.6) is 11.5 Å². The fraction of sp³-hybridized carbons (Fsp3) is 0.467. The molecule has 1 aliphatic heterocycles. The molecule has 0 aliphatic carbocycles. The van der Waals surface area contributed by atoms with Crippen molar-refractivity contribution in [1.82, 2.24) is 5.32 Å². The van der Waals surface area contributed by atoms with Crippen LogP contribution in [0.2, 0.25) is 0 Å². The van der Waals surface area contributed by atoms with E-state index in [0.717, 1.165) is 5.56 Å². The number of carbonyl (C=O) groups is 2. The van der Waals surface area contributed by atoms with Crippen LogP contribution in [0.15, 0.2) is 18.2 Å². The summed E-state index contributed by atoms with van der Waals surface area (Å²) in [6.45, 7) is 2.00. The van der Waals surface area contributed by atoms with Gasteiger partial charge in [-0.2, -0.15) is 0 Å². The van der Waals surface area contributed by atoms with E-state index in [-0.39, 0.29) is 24.9 Å². The van der Waals surface area contributed by atoms with E-state index in [1.165, 1.54) is 0 Å². The van der Waals surface area contributed by atoms with Gasteiger partial charge in [-0.25, -0.2) is 4.79 Å². The summed E-state index contributed by atoms with van der Waals surface area (Å²) in [5.41, 5.74) is 0.758. The summed E-state index contributed by atoms with van der Waals surface area (Å²) in [5.74, 6) is 0.321. The Kier molecular flexibility index (Phi) is 4.67. The van der Waals surface area contributed by atoms with Gasteiger partial charge in [0.2, 0.25) is 5.91 Å². The Morgan fingerprint density at radius 3 is 2.71 bits per heavy atom. The number of ether oxygens (including phenoxy) is 3. The maximum atomic E-state index is 12.0. The number of rotatable bonds is 5. The van der Waals surface area contributed by atoms with E-state index in [2.05, 4.69) is 5.32 Å². The molecule has 1 fully saturated rings. The largest absolute Gasteiger partial charge is 0.497 e. The minimum Gasteiger partial charge on any atom is -0.497 e. The fourth-order valence-electron chi connectivity index (χ4n) is 2.52. The Morgan fingerprint density at radius 1 is 1.33 bits per heavy atom. The third kappa shape index (κ3) is 3.09. The lowest BCUT2D eigenvalue weighted by Gasteiger charge is -2.20. The van der Waals surface area contributed by atoms with Gasteiger partial charge in [0.25, 0.3) is 0 Å². The Morgan fingerprint density at radius 2 is 2.10 bits per heavy atom. The highest BCUT2D eigenvalue weighted by atomic mass is 16.5. The molecule has 0 radical (unpaired) electrons. The van der Waals surface area contributed by atoms with Crippen LogP contribution in [0.3, 0.4) is 0 Å². The van der Waals surface area contributed by atoms with E-state index in [1.54, 1.807) is 39.3 Å². The van der Waals surface area contributed by atoms with Crippen molar-refractivity contribution in [3.63, 3.8) is 0 Å². The Labute approximate surface area is 123 Å². The minimum absolute atomic E-state index is 0.178. The Hall–Kier alpha value is -2.24. The maximum Gasteiger partial charge on any atom is 0.329 e. The van der Waals surface area contributed by atoms with Crippen LogP contribution >= 0.6 is 0 Å². The zero-order valence-electron chi connectivity index (χ0n) is 12.3. The summed E-state index contributed by atoms with van der Waals surface area (Å²) >= 11 is 0. The van der Waals surface area contributed by atoms with Crippen LogP contribution < -0.4 is 14.8 Å². The van der Waals surface area contributed by atoms with Gasteiger partial charge in [-0.3, -0.25) is 4.79 Å². The summed E-state index contributed by atoms with van der Waals surface area (Å²) in [5, 5.41) is 2.67. The first-order chi connectivity index (χ1) is 10.1. The number of nitrogens with one attached hydrogen (secondary N) is 1. The molecule has 6 heteroatoms. The average Bonchev–Trinajstić information content (AvgIpc) is 2.88. The zero-order chi connectivity index (χ0) is 15.4. The summed E-state index contributed by atoms with van der Waals surface area (Å²) in [6, 6.07) is 4.62. The molecule has 1 heterocycles. The molecule has 0 bridgehead atoms. The van der Waals surface area contributed by atoms with Gasteiger partial charge in [-0.1, -0.05) is 0 Å². The second kappa shape index (κ2) is 6.47. The van der Waals surface area contributed by atoms with Crippen LogP contribution in [0.1, 0.15) is 24.8 Å². The molecule has 1 saturated heterocycles. The molecule has 6 nitrogen and oxygen atoms in total. The van der Waals surface area contributed by atoms with Crippen molar-refractivity contribution < 1.29 is 23.8 Å². The first kappa shape index (κ1) is 15.2. The van der Waals surface area contributed by atoms with E-state index in [4.69, 9.17) is 14.2 Å². The molecule has 1 aliphatic rings. The number of hydrogen-bond acceptors (Lipinski definition) is 5. The van der Waals surface area contributed by atoms with Crippen LogP contribution in [0.4, 0.5) is 0 Å². The van der Waals surface area contributed by atoms with Crippen molar-refractivity contribution in [3.05, 3.63) is 23.8 Å². The van der Waals surface area contributed by atoms with Crippen molar-refractivity contribution in [2.24, 2.45) is 0 Å². The summed E-state index contributed by atoms with van der Waals surface area (Å²) in [7, 11) is 3.11. The highest BCUT2D eigenvalue weighted by Crippen LogP contribution is 2.37. The molecule has 2 atom stereocenters. The molecule has 114 valence electrons. The van der Waals surface area contributed by atoms with Crippen molar-refractivity contribution >= 4 is 11.9 Å². The second-order valence-corrected chi connectivity index (χ2v) is 4.72. The van der Waals surface area contributed by atoms with Crippen molar-refractivity contribution in [3.8, 4) is 11.5 Å². The van der Waals surface area contributed by atoms with Gasteiger partial charge in [-0.05, 0) is 25.1 Å². The molecule has 0 saturated carbocycles. The molecular weight excluding hydrogens is 274 g/mol. The summed E-state index contributed by atoms with van der Waals surface area (Å²) < 4.78 is 15.6. The van der Waals surface area contributed by atoms with Gasteiger partial charge < -0.3 is 19.5 Å². The lowest BCUT2D eigenvalue weighted by atomic mass is 9.91. The Bertz CT molecular complexity index is 543. The lowest BCUT2D eigenvalue weighted by Crippen LogP contribution is -2.37. The van der Waals surface area contributed by atoms with Gasteiger partial charge in [0, 0.05) is 17.9 Å². The zero-order valence-corrected chi connectivity index (χ0v) is 12.3. The maximum absolute atomic E-state index is 12.0. The van der Waals surface area contributed by atoms with E-state index in [0.29, 0.717) is 11.5 Å². The minimum atomic E-state index is -0.696. The molecule has 0 aromatic heterocycles. The molecule has 1 N–H and O–H groups in total. The highest BCUT2D eigenvalue weighted by molar-refractivity contribution is 5.90. The fourth-order valence-corrected chi connectivity index (χ4v) is 2.52. The number of carbonyl (C=O) groups excluding carboxylic acids is 2. The first-order valence-corrected chi connectivity index (χ1v) is 6.78. The van der Waals surface area contributed by atoms with Gasteiger partial charge >= 0.3 is 5.97 Å². The second-order valence-electron chi connectivity index (χ2n) is 4.72. The van der Waals surface area contributed by atoms with E-state index in [9.17, 15) is 9.59 Å². The van der Waals surface area contributed by atoms with Crippen molar-refractivity contribution in [2.45, 2.75) is 25.3 Å². The van der Waals surface area contributed by atoms with Gasteiger partial charge in [0.15, 0.2) is 0 Å². The monoisotopic (exact) mass is 293 g/mol. The van der Waals surface area contributed by atoms with E-state index < -0.39 is 12.0 Å². The molecule has 1 aromatic rings. The molecule has 21 heavy (non-hydrogen) atoms. The van der Waals surface area contributed by atoms with Crippen molar-refractivity contribution in [2.75, 3.05) is 20.8 Å². The van der Waals surface area contributed by atoms with Crippen LogP contribution in [0.25, 0.3) is 0 Å². The lowest BCUT2D eigenvalue weighted by molar-refractivity contribution is -0.146. The summed E-state index contributed by atoms with van der Waals surface area (Å²) in [6.07, 6.45) is 0.215. The molecule has 2 rings (SSSR count). The quantitative estimate of drug-likeness (QED) is 0.827. The first-order valence-electron chi connectivity index (χ1n) is 6.78. The molecule has 2 unspecified atom stereocenters. The molecular formula is C15H19NO5. The predicted octanol–water partition coefficient (Wildman–Crippen LogP) is 1.24. The van der Waals surface area contributed by atoms with Gasteiger partial charge in [0.1, 0.15) is 17.5 Å². The standard InChI is InChI=1S/C15H19NO5/c1-4-21-15(18)14-11(8-13(17)16-14)10-7-9(19-2)5-6-12(10)20-3/h5-7,11,14H,4,8H2,1-3H3,(H,16,17). The summed E-state index contributed by atoms with van der Waals surface area (Å²) in [4.78, 5) is 23.7. The number of amides is 1. The van der Waals surface area contributed by atoms with Crippen LogP contribution in [-0.4, -0.2) is 38.7 Å². The molecule has 0 spiro atoms. The third-order valence-corrected chi connectivity index (χ3v) is 3.50. The Balaban J connectivity index is 2.37. The van der Waals surface area contributed by atoms with E-state index >= 15 is 0 Å². The number of methoxy groups -OCH3 is 2. The average molecular weight is 293 g/mol. The number of hydrogen-bond donors (Lipinski definition) is 1. The number of esters is 1. The smallest absolute Gasteiger partial charge is 0.329 e. The predicted molar refractivity (Wildman–Crippen MR) is 75.5 cm³/mol. The van der Waals surface area contributed by atoms with Crippen molar-refractivity contribution in [1.29, 1.82) is 0 Å². The molecule has 1 aromatic carbocycles. The molecule has 1 amide bonds. The topological polar surface area (TPSA) is 73.9 Å².